The van der Waals surface area contributed by atoms with E-state index in [9.17, 15) is 28.1 Å². The van der Waals surface area contributed by atoms with Crippen LogP contribution in [0.15, 0.2) is 53.5 Å². The number of nitro benzene ring substituents is 1. The van der Waals surface area contributed by atoms with Crippen molar-refractivity contribution in [3.8, 4) is 0 Å². The first-order valence-electron chi connectivity index (χ1n) is 7.80. The average molecular weight is 381 g/mol. The molecule has 0 aliphatic rings. The number of benzene rings is 1. The van der Waals surface area contributed by atoms with Gasteiger partial charge in [-0.05, 0) is 12.1 Å². The minimum Gasteiger partial charge on any atom is -0.271 e. The maximum Gasteiger partial charge on any atom is 0.401 e. The molecule has 0 atom stereocenters. The highest BCUT2D eigenvalue weighted by Gasteiger charge is 2.32. The Labute approximate surface area is 150 Å². The van der Waals surface area contributed by atoms with Crippen LogP contribution in [-0.2, 0) is 13.2 Å². The Morgan fingerprint density at radius 1 is 1.15 bits per heavy atom. The molecule has 11 heteroatoms. The Kier molecular flexibility index (Phi) is 4.95. The lowest BCUT2D eigenvalue weighted by molar-refractivity contribution is -0.385. The minimum absolute atomic E-state index is 0.114. The van der Waals surface area contributed by atoms with Crippen molar-refractivity contribution in [2.24, 2.45) is 0 Å². The summed E-state index contributed by atoms with van der Waals surface area (Å²) in [5, 5.41) is 15.1. The van der Waals surface area contributed by atoms with Gasteiger partial charge in [0.05, 0.1) is 18.1 Å². The highest BCUT2D eigenvalue weighted by Crippen LogP contribution is 2.23. The molecule has 27 heavy (non-hydrogen) atoms. The number of hydrogen-bond donors (Lipinski definition) is 0. The fourth-order valence-corrected chi connectivity index (χ4v) is 2.72. The molecule has 3 aromatic rings. The third-order valence-corrected chi connectivity index (χ3v) is 3.81. The van der Waals surface area contributed by atoms with Crippen LogP contribution in [0, 0.1) is 10.1 Å². The molecule has 0 unspecified atom stereocenters. The van der Waals surface area contributed by atoms with E-state index < -0.39 is 30.0 Å². The van der Waals surface area contributed by atoms with Crippen molar-refractivity contribution in [2.45, 2.75) is 19.4 Å². The van der Waals surface area contributed by atoms with Gasteiger partial charge < -0.3 is 0 Å². The summed E-state index contributed by atoms with van der Waals surface area (Å²) in [6, 6.07) is 10.3. The quantitative estimate of drug-likeness (QED) is 0.484. The van der Waals surface area contributed by atoms with E-state index in [1.807, 2.05) is 0 Å². The number of fused-ring (bicyclic) bond motifs is 1. The van der Waals surface area contributed by atoms with Gasteiger partial charge in [0.1, 0.15) is 0 Å². The molecule has 0 saturated heterocycles. The van der Waals surface area contributed by atoms with Crippen molar-refractivity contribution in [3.63, 3.8) is 0 Å². The van der Waals surface area contributed by atoms with E-state index in [4.69, 9.17) is 0 Å². The molecular formula is C16H14F3N5O3. The smallest absolute Gasteiger partial charge is 0.271 e. The third-order valence-electron chi connectivity index (χ3n) is 3.81. The highest BCUT2D eigenvalue weighted by molar-refractivity contribution is 5.39. The molecule has 0 saturated carbocycles. The topological polar surface area (TPSA) is 85.7 Å². The van der Waals surface area contributed by atoms with Gasteiger partial charge in [0.15, 0.2) is 5.65 Å². The zero-order valence-electron chi connectivity index (χ0n) is 13.8. The van der Waals surface area contributed by atoms with E-state index in [1.54, 1.807) is 18.2 Å². The summed E-state index contributed by atoms with van der Waals surface area (Å²) in [5.74, 6) is 0. The molecule has 2 aromatic heterocycles. The molecule has 2 heterocycles. The molecule has 0 radical (unpaired) electrons. The summed E-state index contributed by atoms with van der Waals surface area (Å²) in [7, 11) is 0. The normalized spacial score (nSPS) is 12.0. The molecule has 0 spiro atoms. The fraction of sp³-hybridized carbons (Fsp3) is 0.250. The summed E-state index contributed by atoms with van der Waals surface area (Å²) < 4.78 is 41.1. The van der Waals surface area contributed by atoms with E-state index in [1.165, 1.54) is 34.9 Å². The van der Waals surface area contributed by atoms with Crippen LogP contribution in [0.4, 0.5) is 18.9 Å². The van der Waals surface area contributed by atoms with Gasteiger partial charge in [-0.25, -0.2) is 4.79 Å². The maximum atomic E-state index is 13.0. The number of aromatic nitrogens is 3. The second kappa shape index (κ2) is 7.19. The summed E-state index contributed by atoms with van der Waals surface area (Å²) >= 11 is 0. The molecule has 8 nitrogen and oxygen atoms in total. The molecule has 0 amide bonds. The number of nitro groups is 1. The van der Waals surface area contributed by atoms with Gasteiger partial charge in [0.25, 0.3) is 5.69 Å². The Balaban J connectivity index is 1.93. The molecule has 0 aliphatic heterocycles. The van der Waals surface area contributed by atoms with Crippen LogP contribution >= 0.6 is 0 Å². The fourth-order valence-electron chi connectivity index (χ4n) is 2.72. The number of halogens is 3. The summed E-state index contributed by atoms with van der Waals surface area (Å²) in [6.07, 6.45) is -3.09. The first-order valence-corrected chi connectivity index (χ1v) is 7.80. The SMILES string of the molecule is O=c1n(CN(Cc2ccccc2[N+](=O)[O-])CC(F)(F)F)nc2ccccn12. The van der Waals surface area contributed by atoms with E-state index in [2.05, 4.69) is 5.10 Å². The lowest BCUT2D eigenvalue weighted by Crippen LogP contribution is -2.38. The summed E-state index contributed by atoms with van der Waals surface area (Å²) in [6.45, 7) is -2.18. The monoisotopic (exact) mass is 381 g/mol. The Morgan fingerprint density at radius 2 is 1.85 bits per heavy atom. The van der Waals surface area contributed by atoms with Crippen molar-refractivity contribution in [1.82, 2.24) is 19.1 Å². The van der Waals surface area contributed by atoms with Gasteiger partial charge in [0.2, 0.25) is 0 Å². The lowest BCUT2D eigenvalue weighted by Gasteiger charge is -2.23. The minimum atomic E-state index is -4.55. The zero-order valence-corrected chi connectivity index (χ0v) is 13.8. The van der Waals surface area contributed by atoms with Crippen molar-refractivity contribution in [2.75, 3.05) is 6.54 Å². The summed E-state index contributed by atoms with van der Waals surface area (Å²) in [5.41, 5.74) is -0.476. The number of nitrogens with zero attached hydrogens (tertiary/aromatic N) is 5. The molecule has 1 aromatic carbocycles. The third kappa shape index (κ3) is 4.31. The molecule has 0 N–H and O–H groups in total. The van der Waals surface area contributed by atoms with Crippen LogP contribution in [-0.4, -0.2) is 36.7 Å². The van der Waals surface area contributed by atoms with Crippen LogP contribution in [0.5, 0.6) is 0 Å². The van der Waals surface area contributed by atoms with Crippen molar-refractivity contribution in [1.29, 1.82) is 0 Å². The average Bonchev–Trinajstić information content (AvgIpc) is 2.90. The largest absolute Gasteiger partial charge is 0.401 e. The lowest BCUT2D eigenvalue weighted by atomic mass is 10.1. The van der Waals surface area contributed by atoms with Crippen LogP contribution in [0.1, 0.15) is 5.56 Å². The summed E-state index contributed by atoms with van der Waals surface area (Å²) in [4.78, 5) is 23.6. The van der Waals surface area contributed by atoms with Crippen LogP contribution in [0.25, 0.3) is 5.65 Å². The van der Waals surface area contributed by atoms with Gasteiger partial charge in [0, 0.05) is 24.4 Å². The van der Waals surface area contributed by atoms with Gasteiger partial charge in [-0.2, -0.15) is 17.9 Å². The van der Waals surface area contributed by atoms with Crippen LogP contribution in [0.3, 0.4) is 0 Å². The number of alkyl halides is 3. The highest BCUT2D eigenvalue weighted by atomic mass is 19.4. The standard InChI is InChI=1S/C16H14F3N5O3/c17-16(18,19)10-21(9-12-5-1-2-6-13(12)24(26)27)11-23-15(25)22-8-4-3-7-14(22)20-23/h1-8H,9-11H2. The van der Waals surface area contributed by atoms with Crippen molar-refractivity contribution < 1.29 is 18.1 Å². The second-order valence-electron chi connectivity index (χ2n) is 5.84. The first kappa shape index (κ1) is 18.6. The predicted octanol–water partition coefficient (Wildman–Crippen LogP) is 2.43. The maximum absolute atomic E-state index is 13.0. The Hall–Kier alpha value is -3.21. The molecule has 142 valence electrons. The Morgan fingerprint density at radius 3 is 2.52 bits per heavy atom. The predicted molar refractivity (Wildman–Crippen MR) is 89.0 cm³/mol. The van der Waals surface area contributed by atoms with Gasteiger partial charge in [-0.1, -0.05) is 24.3 Å². The van der Waals surface area contributed by atoms with Gasteiger partial charge in [-0.3, -0.25) is 19.4 Å². The van der Waals surface area contributed by atoms with Crippen LogP contribution in [0.2, 0.25) is 0 Å². The van der Waals surface area contributed by atoms with Gasteiger partial charge in [-0.15, -0.1) is 5.10 Å². The molecular weight excluding hydrogens is 367 g/mol. The number of rotatable bonds is 6. The van der Waals surface area contributed by atoms with Crippen LogP contribution < -0.4 is 5.69 Å². The first-order chi connectivity index (χ1) is 12.7. The second-order valence-corrected chi connectivity index (χ2v) is 5.84. The van der Waals surface area contributed by atoms with E-state index in [-0.39, 0.29) is 17.8 Å². The van der Waals surface area contributed by atoms with E-state index >= 15 is 0 Å². The van der Waals surface area contributed by atoms with Gasteiger partial charge >= 0.3 is 11.9 Å². The van der Waals surface area contributed by atoms with Crippen molar-refractivity contribution in [3.05, 3.63) is 74.8 Å². The van der Waals surface area contributed by atoms with E-state index in [0.29, 0.717) is 5.65 Å². The molecule has 0 fully saturated rings. The zero-order chi connectivity index (χ0) is 19.6. The number of pyridine rings is 1. The molecule has 0 bridgehead atoms. The number of hydrogen-bond acceptors (Lipinski definition) is 5. The molecule has 0 aliphatic carbocycles. The van der Waals surface area contributed by atoms with E-state index in [0.717, 1.165) is 9.58 Å². The Bertz CT molecular complexity index is 1030. The molecule has 3 rings (SSSR count). The van der Waals surface area contributed by atoms with Crippen molar-refractivity contribution >= 4 is 11.3 Å². The number of para-hydroxylation sites is 1.